The van der Waals surface area contributed by atoms with E-state index in [4.69, 9.17) is 4.42 Å². The summed E-state index contributed by atoms with van der Waals surface area (Å²) in [6, 6.07) is 0. The number of nitrogens with zero attached hydrogens (tertiary/aromatic N) is 2. The quantitative estimate of drug-likeness (QED) is 0.694. The summed E-state index contributed by atoms with van der Waals surface area (Å²) in [6.45, 7) is 8.19. The van der Waals surface area contributed by atoms with Gasteiger partial charge in [-0.2, -0.15) is 0 Å². The Bertz CT molecular complexity index is 471. The zero-order chi connectivity index (χ0) is 10.3. The van der Waals surface area contributed by atoms with E-state index < -0.39 is 0 Å². The Morgan fingerprint density at radius 2 is 2.00 bits per heavy atom. The fraction of sp³-hybridized carbons (Fsp3) is 0.455. The molecule has 2 rings (SSSR count). The van der Waals surface area contributed by atoms with Crippen molar-refractivity contribution >= 4 is 11.2 Å². The third-order valence-electron chi connectivity index (χ3n) is 2.32. The number of hydrogen-bond donors (Lipinski definition) is 0. The summed E-state index contributed by atoms with van der Waals surface area (Å²) in [6.07, 6.45) is 1.73. The summed E-state index contributed by atoms with van der Waals surface area (Å²) in [4.78, 5) is 8.64. The number of hydrogen-bond acceptors (Lipinski definition) is 3. The van der Waals surface area contributed by atoms with Crippen LogP contribution in [0.15, 0.2) is 10.6 Å². The van der Waals surface area contributed by atoms with Gasteiger partial charge in [-0.05, 0) is 13.8 Å². The third kappa shape index (κ3) is 1.29. The van der Waals surface area contributed by atoms with Crippen molar-refractivity contribution in [2.24, 2.45) is 0 Å². The fourth-order valence-corrected chi connectivity index (χ4v) is 1.63. The maximum Gasteiger partial charge on any atom is 0.245 e. The minimum Gasteiger partial charge on any atom is -0.441 e. The fourth-order valence-electron chi connectivity index (χ4n) is 1.63. The highest BCUT2D eigenvalue weighted by molar-refractivity contribution is 5.74. The lowest BCUT2D eigenvalue weighted by atomic mass is 10.1. The Hall–Kier alpha value is -1.38. The molecule has 0 saturated carbocycles. The summed E-state index contributed by atoms with van der Waals surface area (Å²) in [5.74, 6) is 1.37. The summed E-state index contributed by atoms with van der Waals surface area (Å²) >= 11 is 0. The maximum atomic E-state index is 5.64. The molecule has 3 nitrogen and oxygen atoms in total. The monoisotopic (exact) mass is 190 g/mol. The van der Waals surface area contributed by atoms with Crippen LogP contribution < -0.4 is 0 Å². The molecule has 0 atom stereocenters. The SMILES string of the molecule is Cc1cnc2oc(C(C)C)c(C)c2n1. The topological polar surface area (TPSA) is 38.9 Å². The minimum absolute atomic E-state index is 0.381. The van der Waals surface area contributed by atoms with Crippen molar-refractivity contribution in [1.29, 1.82) is 0 Å². The molecule has 0 spiro atoms. The van der Waals surface area contributed by atoms with Crippen molar-refractivity contribution in [3.63, 3.8) is 0 Å². The van der Waals surface area contributed by atoms with Gasteiger partial charge >= 0.3 is 0 Å². The van der Waals surface area contributed by atoms with Crippen LogP contribution in [0.4, 0.5) is 0 Å². The molecule has 0 bridgehead atoms. The molecule has 0 fully saturated rings. The van der Waals surface area contributed by atoms with Crippen molar-refractivity contribution in [3.05, 3.63) is 23.2 Å². The number of furan rings is 1. The van der Waals surface area contributed by atoms with Gasteiger partial charge in [-0.3, -0.25) is 0 Å². The van der Waals surface area contributed by atoms with Crippen molar-refractivity contribution in [3.8, 4) is 0 Å². The third-order valence-corrected chi connectivity index (χ3v) is 2.32. The molecule has 0 radical (unpaired) electrons. The molecule has 3 heteroatoms. The molecule has 0 aliphatic carbocycles. The molecule has 0 aliphatic heterocycles. The summed E-state index contributed by atoms with van der Waals surface area (Å²) in [5, 5.41) is 0. The van der Waals surface area contributed by atoms with E-state index in [0.29, 0.717) is 11.6 Å². The highest BCUT2D eigenvalue weighted by Gasteiger charge is 2.15. The van der Waals surface area contributed by atoms with Gasteiger partial charge in [0.05, 0.1) is 11.9 Å². The summed E-state index contributed by atoms with van der Waals surface area (Å²) in [7, 11) is 0. The van der Waals surface area contributed by atoms with Crippen LogP contribution in [-0.4, -0.2) is 9.97 Å². The first-order valence-electron chi connectivity index (χ1n) is 4.82. The van der Waals surface area contributed by atoms with Gasteiger partial charge in [-0.25, -0.2) is 9.97 Å². The van der Waals surface area contributed by atoms with E-state index in [1.165, 1.54) is 0 Å². The van der Waals surface area contributed by atoms with Gasteiger partial charge in [-0.1, -0.05) is 13.8 Å². The van der Waals surface area contributed by atoms with Crippen LogP contribution >= 0.6 is 0 Å². The average Bonchev–Trinajstić information content (AvgIpc) is 2.44. The standard InChI is InChI=1S/C11H14N2O/c1-6(2)10-8(4)9-11(14-10)12-5-7(3)13-9/h5-6H,1-4H3. The molecule has 0 unspecified atom stereocenters. The van der Waals surface area contributed by atoms with Crippen LogP contribution in [-0.2, 0) is 0 Å². The van der Waals surface area contributed by atoms with Crippen LogP contribution in [0, 0.1) is 13.8 Å². The zero-order valence-electron chi connectivity index (χ0n) is 8.96. The van der Waals surface area contributed by atoms with Crippen LogP contribution in [0.5, 0.6) is 0 Å². The lowest BCUT2D eigenvalue weighted by Gasteiger charge is -1.99. The van der Waals surface area contributed by atoms with E-state index in [0.717, 1.165) is 22.5 Å². The summed E-state index contributed by atoms with van der Waals surface area (Å²) in [5.41, 5.74) is 3.59. The molecular formula is C11H14N2O. The van der Waals surface area contributed by atoms with Crippen molar-refractivity contribution in [1.82, 2.24) is 9.97 Å². The molecule has 0 N–H and O–H groups in total. The van der Waals surface area contributed by atoms with Crippen LogP contribution in [0.25, 0.3) is 11.2 Å². The van der Waals surface area contributed by atoms with Gasteiger partial charge < -0.3 is 4.42 Å². The molecule has 0 amide bonds. The van der Waals surface area contributed by atoms with Crippen LogP contribution in [0.3, 0.4) is 0 Å². The first-order valence-corrected chi connectivity index (χ1v) is 4.82. The molecule has 2 aromatic rings. The van der Waals surface area contributed by atoms with E-state index >= 15 is 0 Å². The Labute approximate surface area is 83.2 Å². The van der Waals surface area contributed by atoms with Crippen LogP contribution in [0.2, 0.25) is 0 Å². The van der Waals surface area contributed by atoms with Gasteiger partial charge in [0.1, 0.15) is 11.3 Å². The molecule has 2 aromatic heterocycles. The summed E-state index contributed by atoms with van der Waals surface area (Å²) < 4.78 is 5.64. The molecule has 2 heterocycles. The first-order chi connectivity index (χ1) is 6.59. The Kier molecular flexibility index (Phi) is 2.02. The van der Waals surface area contributed by atoms with E-state index in [2.05, 4.69) is 23.8 Å². The molecule has 0 saturated heterocycles. The van der Waals surface area contributed by atoms with Gasteiger partial charge in [0.15, 0.2) is 0 Å². The smallest absolute Gasteiger partial charge is 0.245 e. The van der Waals surface area contributed by atoms with E-state index in [9.17, 15) is 0 Å². The Morgan fingerprint density at radius 1 is 1.29 bits per heavy atom. The lowest BCUT2D eigenvalue weighted by Crippen LogP contribution is -1.87. The minimum atomic E-state index is 0.381. The Balaban J connectivity index is 2.74. The predicted molar refractivity (Wildman–Crippen MR) is 55.4 cm³/mol. The maximum absolute atomic E-state index is 5.64. The second kappa shape index (κ2) is 3.08. The largest absolute Gasteiger partial charge is 0.441 e. The molecular weight excluding hydrogens is 176 g/mol. The second-order valence-corrected chi connectivity index (χ2v) is 3.91. The molecule has 74 valence electrons. The predicted octanol–water partition coefficient (Wildman–Crippen LogP) is 2.96. The number of fused-ring (bicyclic) bond motifs is 1. The second-order valence-electron chi connectivity index (χ2n) is 3.91. The zero-order valence-corrected chi connectivity index (χ0v) is 8.96. The molecule has 0 aliphatic rings. The highest BCUT2D eigenvalue weighted by atomic mass is 16.3. The van der Waals surface area contributed by atoms with Crippen molar-refractivity contribution < 1.29 is 4.42 Å². The normalized spacial score (nSPS) is 11.5. The van der Waals surface area contributed by atoms with Gasteiger partial charge in [-0.15, -0.1) is 0 Å². The average molecular weight is 190 g/mol. The highest BCUT2D eigenvalue weighted by Crippen LogP contribution is 2.27. The van der Waals surface area contributed by atoms with Crippen molar-refractivity contribution in [2.75, 3.05) is 0 Å². The molecule has 0 aromatic carbocycles. The van der Waals surface area contributed by atoms with E-state index in [1.54, 1.807) is 6.20 Å². The van der Waals surface area contributed by atoms with Gasteiger partial charge in [0, 0.05) is 11.5 Å². The van der Waals surface area contributed by atoms with Crippen LogP contribution in [0.1, 0.15) is 36.8 Å². The number of aryl methyl sites for hydroxylation is 2. The number of aromatic nitrogens is 2. The molecule has 14 heavy (non-hydrogen) atoms. The number of rotatable bonds is 1. The lowest BCUT2D eigenvalue weighted by molar-refractivity contribution is 0.510. The van der Waals surface area contributed by atoms with Crippen molar-refractivity contribution in [2.45, 2.75) is 33.6 Å². The van der Waals surface area contributed by atoms with Gasteiger partial charge in [0.2, 0.25) is 5.71 Å². The Morgan fingerprint density at radius 3 is 2.64 bits per heavy atom. The first kappa shape index (κ1) is 9.19. The van der Waals surface area contributed by atoms with E-state index in [-0.39, 0.29) is 0 Å². The van der Waals surface area contributed by atoms with E-state index in [1.807, 2.05) is 13.8 Å². The van der Waals surface area contributed by atoms with Gasteiger partial charge in [0.25, 0.3) is 0 Å².